The summed E-state index contributed by atoms with van der Waals surface area (Å²) >= 11 is 12.1. The molecule has 0 unspecified atom stereocenters. The van der Waals surface area contributed by atoms with E-state index >= 15 is 0 Å². The van der Waals surface area contributed by atoms with Gasteiger partial charge in [0, 0.05) is 21.5 Å². The quantitative estimate of drug-likeness (QED) is 0.210. The molecule has 1 aromatic heterocycles. The summed E-state index contributed by atoms with van der Waals surface area (Å²) in [6, 6.07) is 22.1. The number of benzene rings is 3. The normalized spacial score (nSPS) is 11.1. The van der Waals surface area contributed by atoms with Gasteiger partial charge >= 0.3 is 0 Å². The molecule has 1 N–H and O–H groups in total. The molecule has 1 heterocycles. The number of hydrazone groups is 1. The van der Waals surface area contributed by atoms with Crippen LogP contribution >= 0.6 is 23.2 Å². The van der Waals surface area contributed by atoms with Gasteiger partial charge in [-0.3, -0.25) is 4.79 Å². The first-order valence-corrected chi connectivity index (χ1v) is 10.6. The number of aryl methyl sites for hydroxylation is 1. The van der Waals surface area contributed by atoms with Crippen molar-refractivity contribution in [2.24, 2.45) is 5.10 Å². The van der Waals surface area contributed by atoms with Crippen molar-refractivity contribution in [3.8, 4) is 5.75 Å². The van der Waals surface area contributed by atoms with Crippen molar-refractivity contribution in [3.05, 3.63) is 105 Å². The van der Waals surface area contributed by atoms with Gasteiger partial charge < -0.3 is 4.74 Å². The predicted molar refractivity (Wildman–Crippen MR) is 129 cm³/mol. The van der Waals surface area contributed by atoms with Crippen LogP contribution in [0.1, 0.15) is 27.0 Å². The number of pyridine rings is 1. The molecule has 0 saturated carbocycles. The zero-order chi connectivity index (χ0) is 22.5. The average molecular weight is 464 g/mol. The van der Waals surface area contributed by atoms with Crippen molar-refractivity contribution in [2.45, 2.75) is 13.5 Å². The molecule has 0 spiro atoms. The van der Waals surface area contributed by atoms with E-state index in [1.54, 1.807) is 24.3 Å². The number of rotatable bonds is 6. The van der Waals surface area contributed by atoms with Gasteiger partial charge in [0.25, 0.3) is 5.91 Å². The lowest BCUT2D eigenvalue weighted by Crippen LogP contribution is -2.17. The van der Waals surface area contributed by atoms with Gasteiger partial charge in [-0.15, -0.1) is 0 Å². The third-order valence-electron chi connectivity index (χ3n) is 4.76. The molecule has 4 aromatic rings. The SMILES string of the molecule is Cc1ccc2cc(/C=N\NC(=O)c3ccc(OCc4ccc(Cl)cc4)cc3)c(Cl)nc2c1. The number of nitrogens with zero attached hydrogens (tertiary/aromatic N) is 2. The Balaban J connectivity index is 1.36. The number of fused-ring (bicyclic) bond motifs is 1. The Kier molecular flexibility index (Phi) is 6.69. The summed E-state index contributed by atoms with van der Waals surface area (Å²) in [6.07, 6.45) is 1.48. The second-order valence-corrected chi connectivity index (χ2v) is 8.00. The summed E-state index contributed by atoms with van der Waals surface area (Å²) in [5.41, 5.74) is 6.51. The molecule has 0 aliphatic heterocycles. The van der Waals surface area contributed by atoms with Gasteiger partial charge in [-0.25, -0.2) is 10.4 Å². The maximum atomic E-state index is 12.4. The Bertz CT molecular complexity index is 1290. The standard InChI is InChI=1S/C25H19Cl2N3O2/c1-16-2-5-19-13-20(24(27)29-23(19)12-16)14-28-30-25(31)18-6-10-22(11-7-18)32-15-17-3-8-21(26)9-4-17/h2-14H,15H2,1H3,(H,30,31)/b28-14-. The van der Waals surface area contributed by atoms with Crippen molar-refractivity contribution >= 4 is 46.2 Å². The highest BCUT2D eigenvalue weighted by molar-refractivity contribution is 6.32. The fraction of sp³-hybridized carbons (Fsp3) is 0.0800. The van der Waals surface area contributed by atoms with E-state index in [1.807, 2.05) is 55.5 Å². The number of amides is 1. The number of carbonyl (C=O) groups excluding carboxylic acids is 1. The van der Waals surface area contributed by atoms with Crippen molar-refractivity contribution in [1.82, 2.24) is 10.4 Å². The second kappa shape index (κ2) is 9.81. The van der Waals surface area contributed by atoms with Crippen LogP contribution in [0.25, 0.3) is 10.9 Å². The van der Waals surface area contributed by atoms with Crippen LogP contribution in [0.2, 0.25) is 10.2 Å². The minimum absolute atomic E-state index is 0.322. The predicted octanol–water partition coefficient (Wildman–Crippen LogP) is 6.19. The number of nitrogens with one attached hydrogen (secondary N) is 1. The molecule has 0 bridgehead atoms. The lowest BCUT2D eigenvalue weighted by atomic mass is 10.1. The van der Waals surface area contributed by atoms with Gasteiger partial charge in [-0.2, -0.15) is 5.10 Å². The highest BCUT2D eigenvalue weighted by Crippen LogP contribution is 2.20. The summed E-state index contributed by atoms with van der Waals surface area (Å²) in [6.45, 7) is 2.41. The largest absolute Gasteiger partial charge is 0.489 e. The lowest BCUT2D eigenvalue weighted by molar-refractivity contribution is 0.0955. The Morgan fingerprint density at radius 1 is 1.03 bits per heavy atom. The summed E-state index contributed by atoms with van der Waals surface area (Å²) < 4.78 is 5.74. The van der Waals surface area contributed by atoms with Crippen LogP contribution in [0.3, 0.4) is 0 Å². The lowest BCUT2D eigenvalue weighted by Gasteiger charge is -2.07. The highest BCUT2D eigenvalue weighted by atomic mass is 35.5. The van der Waals surface area contributed by atoms with Crippen LogP contribution in [0.15, 0.2) is 77.9 Å². The number of hydrogen-bond acceptors (Lipinski definition) is 4. The zero-order valence-electron chi connectivity index (χ0n) is 17.2. The van der Waals surface area contributed by atoms with Crippen LogP contribution in [-0.2, 0) is 6.61 Å². The smallest absolute Gasteiger partial charge is 0.271 e. The van der Waals surface area contributed by atoms with Gasteiger partial charge in [0.2, 0.25) is 0 Å². The van der Waals surface area contributed by atoms with Crippen LogP contribution < -0.4 is 10.2 Å². The van der Waals surface area contributed by atoms with Gasteiger partial charge in [0.1, 0.15) is 17.5 Å². The average Bonchev–Trinajstić information content (AvgIpc) is 2.79. The van der Waals surface area contributed by atoms with Crippen molar-refractivity contribution in [1.29, 1.82) is 0 Å². The first kappa shape index (κ1) is 21.8. The summed E-state index contributed by atoms with van der Waals surface area (Å²) in [5.74, 6) is 0.315. The van der Waals surface area contributed by atoms with Gasteiger partial charge in [0.05, 0.1) is 11.7 Å². The Hall–Kier alpha value is -3.41. The van der Waals surface area contributed by atoms with E-state index in [-0.39, 0.29) is 5.91 Å². The van der Waals surface area contributed by atoms with Crippen LogP contribution in [0.5, 0.6) is 5.75 Å². The van der Waals surface area contributed by atoms with E-state index in [0.29, 0.717) is 33.7 Å². The number of hydrogen-bond donors (Lipinski definition) is 1. The van der Waals surface area contributed by atoms with E-state index in [9.17, 15) is 4.79 Å². The van der Waals surface area contributed by atoms with E-state index in [1.165, 1.54) is 6.21 Å². The maximum Gasteiger partial charge on any atom is 0.271 e. The Morgan fingerprint density at radius 3 is 2.53 bits per heavy atom. The van der Waals surface area contributed by atoms with E-state index in [4.69, 9.17) is 27.9 Å². The molecule has 3 aromatic carbocycles. The third kappa shape index (κ3) is 5.44. The third-order valence-corrected chi connectivity index (χ3v) is 5.31. The topological polar surface area (TPSA) is 63.6 Å². The fourth-order valence-electron chi connectivity index (χ4n) is 3.04. The summed E-state index contributed by atoms with van der Waals surface area (Å²) in [4.78, 5) is 16.8. The number of aromatic nitrogens is 1. The molecule has 5 nitrogen and oxygen atoms in total. The molecule has 0 aliphatic rings. The molecular weight excluding hydrogens is 445 g/mol. The minimum Gasteiger partial charge on any atom is -0.489 e. The number of carbonyl (C=O) groups is 1. The number of ether oxygens (including phenoxy) is 1. The first-order chi connectivity index (χ1) is 15.5. The molecule has 7 heteroatoms. The van der Waals surface area contributed by atoms with Crippen LogP contribution in [0.4, 0.5) is 0 Å². The first-order valence-electron chi connectivity index (χ1n) is 9.85. The number of halogens is 2. The minimum atomic E-state index is -0.342. The molecule has 0 aliphatic carbocycles. The molecular formula is C25H19Cl2N3O2. The monoisotopic (exact) mass is 463 g/mol. The molecule has 0 radical (unpaired) electrons. The molecule has 0 fully saturated rings. The molecule has 1 amide bonds. The van der Waals surface area contributed by atoms with E-state index in [2.05, 4.69) is 15.5 Å². The fourth-order valence-corrected chi connectivity index (χ4v) is 3.36. The molecule has 32 heavy (non-hydrogen) atoms. The second-order valence-electron chi connectivity index (χ2n) is 7.20. The van der Waals surface area contributed by atoms with E-state index in [0.717, 1.165) is 22.0 Å². The zero-order valence-corrected chi connectivity index (χ0v) is 18.7. The Labute approximate surface area is 195 Å². The summed E-state index contributed by atoms with van der Waals surface area (Å²) in [7, 11) is 0. The van der Waals surface area contributed by atoms with E-state index < -0.39 is 0 Å². The van der Waals surface area contributed by atoms with Gasteiger partial charge in [-0.05, 0) is 66.6 Å². The van der Waals surface area contributed by atoms with Gasteiger partial charge in [0.15, 0.2) is 0 Å². The summed E-state index contributed by atoms with van der Waals surface area (Å²) in [5, 5.41) is 5.97. The van der Waals surface area contributed by atoms with Crippen LogP contribution in [0, 0.1) is 6.92 Å². The molecule has 4 rings (SSSR count). The molecule has 0 atom stereocenters. The molecule has 0 saturated heterocycles. The van der Waals surface area contributed by atoms with Crippen molar-refractivity contribution < 1.29 is 9.53 Å². The molecule has 160 valence electrons. The van der Waals surface area contributed by atoms with Crippen molar-refractivity contribution in [2.75, 3.05) is 0 Å². The van der Waals surface area contributed by atoms with Gasteiger partial charge in [-0.1, -0.05) is 47.5 Å². The van der Waals surface area contributed by atoms with Crippen LogP contribution in [-0.4, -0.2) is 17.1 Å². The van der Waals surface area contributed by atoms with Crippen molar-refractivity contribution in [3.63, 3.8) is 0 Å². The Morgan fingerprint density at radius 2 is 1.78 bits per heavy atom. The highest BCUT2D eigenvalue weighted by Gasteiger charge is 2.06. The maximum absolute atomic E-state index is 12.4.